The minimum atomic E-state index is -0.583. The highest BCUT2D eigenvalue weighted by Crippen LogP contribution is 2.27. The summed E-state index contributed by atoms with van der Waals surface area (Å²) in [5, 5.41) is 9.11. The molecule has 0 bridgehead atoms. The highest BCUT2D eigenvalue weighted by Gasteiger charge is 2.24. The van der Waals surface area contributed by atoms with Crippen molar-refractivity contribution in [2.24, 2.45) is 0 Å². The zero-order chi connectivity index (χ0) is 22.7. The Balaban J connectivity index is 1.86. The molecule has 4 nitrogen and oxygen atoms in total. The number of aromatic nitrogens is 2. The zero-order valence-electron chi connectivity index (χ0n) is 18.9. The number of imidazole rings is 1. The summed E-state index contributed by atoms with van der Waals surface area (Å²) in [6.45, 7) is 3.97. The van der Waals surface area contributed by atoms with Gasteiger partial charge in [-0.1, -0.05) is 71.8 Å². The second-order valence-corrected chi connectivity index (χ2v) is 8.43. The first kappa shape index (κ1) is 22.0. The molecule has 0 amide bonds. The summed E-state index contributed by atoms with van der Waals surface area (Å²) in [6, 6.07) is 23.6. The molecule has 0 aliphatic heterocycles. The van der Waals surface area contributed by atoms with Gasteiger partial charge in [0.15, 0.2) is 0 Å². The standard InChI is InChI=1S/C27H30FN3O/c1-19-8-12-21(13-9-19)16-23(18-32-3)30-24-6-4-5-7-25(24)31(27(30)29)26(17-28)22-14-10-20(2)11-15-22/h4-15,23,26,29H,16-18H2,1-3H3/t23-,26?/m0/s1. The van der Waals surface area contributed by atoms with Crippen molar-refractivity contribution in [2.75, 3.05) is 20.4 Å². The average molecular weight is 432 g/mol. The van der Waals surface area contributed by atoms with Crippen LogP contribution in [0.25, 0.3) is 11.0 Å². The van der Waals surface area contributed by atoms with Crippen LogP contribution < -0.4 is 5.62 Å². The van der Waals surface area contributed by atoms with Crippen LogP contribution in [0.1, 0.15) is 34.3 Å². The van der Waals surface area contributed by atoms with E-state index < -0.39 is 12.7 Å². The van der Waals surface area contributed by atoms with Gasteiger partial charge in [-0.2, -0.15) is 0 Å². The fourth-order valence-corrected chi connectivity index (χ4v) is 4.41. The van der Waals surface area contributed by atoms with Gasteiger partial charge >= 0.3 is 0 Å². The topological polar surface area (TPSA) is 42.9 Å². The van der Waals surface area contributed by atoms with Gasteiger partial charge in [0, 0.05) is 7.11 Å². The number of benzene rings is 3. The molecule has 1 unspecified atom stereocenters. The van der Waals surface area contributed by atoms with E-state index in [0.717, 1.165) is 28.6 Å². The third-order valence-corrected chi connectivity index (χ3v) is 6.09. The molecule has 0 fully saturated rings. The Labute approximate surface area is 188 Å². The SMILES string of the molecule is COC[C@H](Cc1ccc(C)cc1)n1c(=N)n(C(CF)c2ccc(C)cc2)c2ccccc21. The van der Waals surface area contributed by atoms with Crippen LogP contribution in [0.15, 0.2) is 72.8 Å². The maximum absolute atomic E-state index is 14.4. The number of nitrogens with zero attached hydrogens (tertiary/aromatic N) is 2. The summed E-state index contributed by atoms with van der Waals surface area (Å²) in [6.07, 6.45) is 0.726. The first-order valence-corrected chi connectivity index (χ1v) is 11.0. The number of para-hydroxylation sites is 2. The van der Waals surface area contributed by atoms with E-state index in [0.29, 0.717) is 6.61 Å². The molecule has 0 spiro atoms. The Morgan fingerprint density at radius 2 is 1.41 bits per heavy atom. The summed E-state index contributed by atoms with van der Waals surface area (Å²) >= 11 is 0. The lowest BCUT2D eigenvalue weighted by molar-refractivity contribution is 0.153. The first-order chi connectivity index (χ1) is 15.5. The van der Waals surface area contributed by atoms with Gasteiger partial charge < -0.3 is 13.9 Å². The summed E-state index contributed by atoms with van der Waals surface area (Å²) in [7, 11) is 1.68. The van der Waals surface area contributed by atoms with E-state index in [1.165, 1.54) is 11.1 Å². The van der Waals surface area contributed by atoms with E-state index in [4.69, 9.17) is 10.1 Å². The van der Waals surface area contributed by atoms with Crippen LogP contribution in [0, 0.1) is 19.3 Å². The number of hydrogen-bond donors (Lipinski definition) is 1. The molecule has 5 heteroatoms. The highest BCUT2D eigenvalue weighted by atomic mass is 19.1. The molecule has 166 valence electrons. The number of hydrogen-bond acceptors (Lipinski definition) is 2. The second kappa shape index (κ2) is 9.53. The molecule has 32 heavy (non-hydrogen) atoms. The predicted molar refractivity (Wildman–Crippen MR) is 127 cm³/mol. The van der Waals surface area contributed by atoms with Crippen LogP contribution in [0.4, 0.5) is 4.39 Å². The number of nitrogens with one attached hydrogen (secondary N) is 1. The molecule has 1 heterocycles. The Morgan fingerprint density at radius 1 is 0.844 bits per heavy atom. The molecule has 4 rings (SSSR count). The molecule has 3 aromatic carbocycles. The number of alkyl halides is 1. The van der Waals surface area contributed by atoms with Crippen molar-refractivity contribution in [3.05, 3.63) is 101 Å². The summed E-state index contributed by atoms with van der Waals surface area (Å²) in [5.74, 6) is 0. The van der Waals surface area contributed by atoms with Gasteiger partial charge in [0.25, 0.3) is 0 Å². The van der Waals surface area contributed by atoms with Gasteiger partial charge in [-0.05, 0) is 43.5 Å². The van der Waals surface area contributed by atoms with Crippen molar-refractivity contribution in [3.63, 3.8) is 0 Å². The zero-order valence-corrected chi connectivity index (χ0v) is 18.9. The van der Waals surface area contributed by atoms with E-state index in [-0.39, 0.29) is 11.7 Å². The van der Waals surface area contributed by atoms with Crippen molar-refractivity contribution in [1.82, 2.24) is 9.13 Å². The van der Waals surface area contributed by atoms with E-state index in [1.54, 1.807) is 7.11 Å². The number of aryl methyl sites for hydroxylation is 2. The molecule has 0 aliphatic rings. The summed E-state index contributed by atoms with van der Waals surface area (Å²) in [5.41, 5.74) is 6.43. The molecule has 1 N–H and O–H groups in total. The van der Waals surface area contributed by atoms with E-state index in [9.17, 15) is 4.39 Å². The lowest BCUT2D eigenvalue weighted by Crippen LogP contribution is -2.33. The molecule has 0 saturated heterocycles. The maximum Gasteiger partial charge on any atom is 0.204 e. The number of ether oxygens (including phenoxy) is 1. The number of fused-ring (bicyclic) bond motifs is 1. The largest absolute Gasteiger partial charge is 0.383 e. The van der Waals surface area contributed by atoms with Gasteiger partial charge in [0.05, 0.1) is 29.7 Å². The van der Waals surface area contributed by atoms with Gasteiger partial charge in [0.2, 0.25) is 5.62 Å². The third-order valence-electron chi connectivity index (χ3n) is 6.09. The minimum absolute atomic E-state index is 0.0837. The second-order valence-electron chi connectivity index (χ2n) is 8.43. The molecular formula is C27H30FN3O. The fourth-order valence-electron chi connectivity index (χ4n) is 4.41. The van der Waals surface area contributed by atoms with Crippen molar-refractivity contribution in [2.45, 2.75) is 32.4 Å². The first-order valence-electron chi connectivity index (χ1n) is 11.0. The fraction of sp³-hybridized carbons (Fsp3) is 0.296. The lowest BCUT2D eigenvalue weighted by Gasteiger charge is -2.20. The van der Waals surface area contributed by atoms with Gasteiger partial charge in [-0.25, -0.2) is 4.39 Å². The van der Waals surface area contributed by atoms with Crippen LogP contribution in [0.3, 0.4) is 0 Å². The van der Waals surface area contributed by atoms with E-state index in [1.807, 2.05) is 64.6 Å². The number of rotatable bonds is 8. The van der Waals surface area contributed by atoms with Crippen molar-refractivity contribution in [1.29, 1.82) is 5.41 Å². The van der Waals surface area contributed by atoms with Gasteiger partial charge in [0.1, 0.15) is 6.67 Å². The quantitative estimate of drug-likeness (QED) is 0.392. The van der Waals surface area contributed by atoms with E-state index >= 15 is 0 Å². The van der Waals surface area contributed by atoms with Gasteiger partial charge in [-0.15, -0.1) is 0 Å². The maximum atomic E-state index is 14.4. The number of halogens is 1. The average Bonchev–Trinajstić information content (AvgIpc) is 3.09. The van der Waals surface area contributed by atoms with E-state index in [2.05, 4.69) is 31.2 Å². The Hall–Kier alpha value is -3.18. The van der Waals surface area contributed by atoms with Crippen LogP contribution in [-0.2, 0) is 11.2 Å². The predicted octanol–water partition coefficient (Wildman–Crippen LogP) is 5.53. The summed E-state index contributed by atoms with van der Waals surface area (Å²) < 4.78 is 23.8. The molecular weight excluding hydrogens is 401 g/mol. The summed E-state index contributed by atoms with van der Waals surface area (Å²) in [4.78, 5) is 0. The molecule has 1 aromatic heterocycles. The van der Waals surface area contributed by atoms with Gasteiger partial charge in [-0.3, -0.25) is 5.41 Å². The third kappa shape index (κ3) is 4.26. The lowest BCUT2D eigenvalue weighted by atomic mass is 10.0. The molecule has 4 aromatic rings. The van der Waals surface area contributed by atoms with Crippen molar-refractivity contribution in [3.8, 4) is 0 Å². The van der Waals surface area contributed by atoms with Crippen LogP contribution in [-0.4, -0.2) is 29.5 Å². The Bertz CT molecular complexity index is 1240. The van der Waals surface area contributed by atoms with Crippen molar-refractivity contribution >= 4 is 11.0 Å². The molecule has 0 saturated carbocycles. The molecule has 0 radical (unpaired) electrons. The monoisotopic (exact) mass is 431 g/mol. The normalized spacial score (nSPS) is 13.4. The Kier molecular flexibility index (Phi) is 6.56. The molecule has 2 atom stereocenters. The smallest absolute Gasteiger partial charge is 0.204 e. The Morgan fingerprint density at radius 3 is 1.97 bits per heavy atom. The highest BCUT2D eigenvalue weighted by molar-refractivity contribution is 5.76. The molecule has 0 aliphatic carbocycles. The number of methoxy groups -OCH3 is 1. The minimum Gasteiger partial charge on any atom is -0.383 e. The van der Waals surface area contributed by atoms with Crippen molar-refractivity contribution < 1.29 is 9.13 Å². The van der Waals surface area contributed by atoms with Crippen LogP contribution in [0.2, 0.25) is 0 Å². The van der Waals surface area contributed by atoms with Crippen LogP contribution >= 0.6 is 0 Å². The van der Waals surface area contributed by atoms with Crippen LogP contribution in [0.5, 0.6) is 0 Å².